The van der Waals surface area contributed by atoms with Crippen molar-refractivity contribution in [1.82, 2.24) is 5.32 Å². The normalized spacial score (nSPS) is 27.2. The predicted molar refractivity (Wildman–Crippen MR) is 66.9 cm³/mol. The summed E-state index contributed by atoms with van der Waals surface area (Å²) >= 11 is 0. The van der Waals surface area contributed by atoms with Gasteiger partial charge in [-0.3, -0.25) is 0 Å². The number of nitrogens with two attached hydrogens (primary N) is 1. The van der Waals surface area contributed by atoms with E-state index in [0.717, 1.165) is 37.4 Å². The minimum atomic E-state index is 0.790. The van der Waals surface area contributed by atoms with Crippen LogP contribution in [-0.2, 0) is 0 Å². The number of rotatable bonds is 6. The highest BCUT2D eigenvalue weighted by Crippen LogP contribution is 2.29. The first-order valence-electron chi connectivity index (χ1n) is 6.67. The molecule has 0 radical (unpaired) electrons. The summed E-state index contributed by atoms with van der Waals surface area (Å²) in [7, 11) is 0. The summed E-state index contributed by atoms with van der Waals surface area (Å²) in [5.74, 6) is 1.86. The molecular weight excluding hydrogens is 184 g/mol. The fourth-order valence-electron chi connectivity index (χ4n) is 2.57. The summed E-state index contributed by atoms with van der Waals surface area (Å²) in [5, 5.41) is 3.66. The third-order valence-corrected chi connectivity index (χ3v) is 3.78. The molecule has 0 unspecified atom stereocenters. The molecule has 90 valence electrons. The van der Waals surface area contributed by atoms with E-state index in [1.54, 1.807) is 0 Å². The van der Waals surface area contributed by atoms with Crippen molar-refractivity contribution in [2.75, 3.05) is 13.1 Å². The fraction of sp³-hybridized carbons (Fsp3) is 1.00. The summed E-state index contributed by atoms with van der Waals surface area (Å²) < 4.78 is 0. The maximum absolute atomic E-state index is 5.47. The highest BCUT2D eigenvalue weighted by molar-refractivity contribution is 4.78. The highest BCUT2D eigenvalue weighted by Gasteiger charge is 2.22. The van der Waals surface area contributed by atoms with E-state index in [2.05, 4.69) is 19.2 Å². The Morgan fingerprint density at radius 2 is 1.80 bits per heavy atom. The zero-order valence-corrected chi connectivity index (χ0v) is 10.5. The lowest BCUT2D eigenvalue weighted by molar-refractivity contribution is 0.238. The van der Waals surface area contributed by atoms with Crippen LogP contribution in [0.4, 0.5) is 0 Å². The molecule has 1 fully saturated rings. The molecule has 15 heavy (non-hydrogen) atoms. The Balaban J connectivity index is 2.04. The molecule has 0 heterocycles. The molecule has 0 spiro atoms. The molecule has 0 amide bonds. The molecule has 0 atom stereocenters. The van der Waals surface area contributed by atoms with Gasteiger partial charge in [0.2, 0.25) is 0 Å². The van der Waals surface area contributed by atoms with Crippen LogP contribution in [0.1, 0.15) is 52.4 Å². The van der Waals surface area contributed by atoms with E-state index < -0.39 is 0 Å². The van der Waals surface area contributed by atoms with E-state index in [0.29, 0.717) is 0 Å². The Morgan fingerprint density at radius 1 is 1.13 bits per heavy atom. The molecule has 1 aliphatic carbocycles. The van der Waals surface area contributed by atoms with E-state index in [-0.39, 0.29) is 0 Å². The smallest absolute Gasteiger partial charge is 0.00672 e. The van der Waals surface area contributed by atoms with Crippen molar-refractivity contribution in [3.05, 3.63) is 0 Å². The minimum absolute atomic E-state index is 0.790. The summed E-state index contributed by atoms with van der Waals surface area (Å²) in [4.78, 5) is 0. The first-order valence-corrected chi connectivity index (χ1v) is 6.67. The lowest BCUT2D eigenvalue weighted by Crippen LogP contribution is -2.34. The van der Waals surface area contributed by atoms with Gasteiger partial charge in [-0.15, -0.1) is 0 Å². The average molecular weight is 212 g/mol. The van der Waals surface area contributed by atoms with Gasteiger partial charge in [0, 0.05) is 6.04 Å². The fourth-order valence-corrected chi connectivity index (χ4v) is 2.57. The Hall–Kier alpha value is -0.0800. The summed E-state index contributed by atoms with van der Waals surface area (Å²) in [5.41, 5.74) is 5.47. The molecule has 0 aromatic carbocycles. The van der Waals surface area contributed by atoms with Crippen LogP contribution >= 0.6 is 0 Å². The highest BCUT2D eigenvalue weighted by atomic mass is 14.9. The SMILES string of the molecule is CC(C)C1CCC(NCCCCN)CC1. The van der Waals surface area contributed by atoms with Crippen molar-refractivity contribution < 1.29 is 0 Å². The summed E-state index contributed by atoms with van der Waals surface area (Å²) in [6, 6.07) is 0.790. The average Bonchev–Trinajstić information content (AvgIpc) is 2.25. The van der Waals surface area contributed by atoms with Gasteiger partial charge in [-0.05, 0) is 63.5 Å². The zero-order valence-electron chi connectivity index (χ0n) is 10.5. The maximum atomic E-state index is 5.47. The van der Waals surface area contributed by atoms with Crippen molar-refractivity contribution in [1.29, 1.82) is 0 Å². The standard InChI is InChI=1S/C13H28N2/c1-11(2)12-5-7-13(8-6-12)15-10-4-3-9-14/h11-13,15H,3-10,14H2,1-2H3. The van der Waals surface area contributed by atoms with Crippen LogP contribution in [0.25, 0.3) is 0 Å². The molecule has 0 saturated heterocycles. The molecule has 1 rings (SSSR count). The van der Waals surface area contributed by atoms with Gasteiger partial charge < -0.3 is 11.1 Å². The van der Waals surface area contributed by atoms with Crippen molar-refractivity contribution in [3.63, 3.8) is 0 Å². The van der Waals surface area contributed by atoms with Crippen LogP contribution in [0.3, 0.4) is 0 Å². The second kappa shape index (κ2) is 7.24. The van der Waals surface area contributed by atoms with Gasteiger partial charge in [0.05, 0.1) is 0 Å². The van der Waals surface area contributed by atoms with Crippen molar-refractivity contribution >= 4 is 0 Å². The van der Waals surface area contributed by atoms with Gasteiger partial charge in [-0.1, -0.05) is 13.8 Å². The van der Waals surface area contributed by atoms with Crippen LogP contribution in [-0.4, -0.2) is 19.1 Å². The monoisotopic (exact) mass is 212 g/mol. The van der Waals surface area contributed by atoms with Gasteiger partial charge in [-0.25, -0.2) is 0 Å². The van der Waals surface area contributed by atoms with Crippen LogP contribution < -0.4 is 11.1 Å². The molecule has 2 heteroatoms. The Bertz CT molecular complexity index is 149. The van der Waals surface area contributed by atoms with E-state index in [9.17, 15) is 0 Å². The first kappa shape index (κ1) is 13.0. The molecule has 0 bridgehead atoms. The summed E-state index contributed by atoms with van der Waals surface area (Å²) in [6.07, 6.45) is 8.00. The van der Waals surface area contributed by atoms with Crippen LogP contribution in [0, 0.1) is 11.8 Å². The quantitative estimate of drug-likeness (QED) is 0.664. The van der Waals surface area contributed by atoms with Gasteiger partial charge in [0.15, 0.2) is 0 Å². The van der Waals surface area contributed by atoms with Crippen LogP contribution in [0.2, 0.25) is 0 Å². The molecule has 1 saturated carbocycles. The van der Waals surface area contributed by atoms with Crippen molar-refractivity contribution in [2.24, 2.45) is 17.6 Å². The molecular formula is C13H28N2. The Morgan fingerprint density at radius 3 is 2.33 bits per heavy atom. The predicted octanol–water partition coefficient (Wildman–Crippen LogP) is 2.53. The minimum Gasteiger partial charge on any atom is -0.330 e. The van der Waals surface area contributed by atoms with Crippen LogP contribution in [0.5, 0.6) is 0 Å². The lowest BCUT2D eigenvalue weighted by Gasteiger charge is -2.31. The van der Waals surface area contributed by atoms with Crippen molar-refractivity contribution in [2.45, 2.75) is 58.4 Å². The van der Waals surface area contributed by atoms with Gasteiger partial charge >= 0.3 is 0 Å². The Kier molecular flexibility index (Phi) is 6.26. The third kappa shape index (κ3) is 4.98. The molecule has 1 aliphatic rings. The van der Waals surface area contributed by atoms with E-state index >= 15 is 0 Å². The number of nitrogens with one attached hydrogen (secondary N) is 1. The Labute approximate surface area is 95.0 Å². The summed E-state index contributed by atoms with van der Waals surface area (Å²) in [6.45, 7) is 6.72. The molecule has 0 aromatic heterocycles. The first-order chi connectivity index (χ1) is 7.24. The second-order valence-corrected chi connectivity index (χ2v) is 5.31. The lowest BCUT2D eigenvalue weighted by atomic mass is 9.80. The molecule has 0 aliphatic heterocycles. The third-order valence-electron chi connectivity index (χ3n) is 3.78. The maximum Gasteiger partial charge on any atom is 0.00672 e. The number of hydrogen-bond donors (Lipinski definition) is 2. The van der Waals surface area contributed by atoms with Crippen molar-refractivity contribution in [3.8, 4) is 0 Å². The van der Waals surface area contributed by atoms with E-state index in [1.165, 1.54) is 32.1 Å². The van der Waals surface area contributed by atoms with Crippen LogP contribution in [0.15, 0.2) is 0 Å². The molecule has 2 nitrogen and oxygen atoms in total. The van der Waals surface area contributed by atoms with E-state index in [1.807, 2.05) is 0 Å². The molecule has 3 N–H and O–H groups in total. The largest absolute Gasteiger partial charge is 0.330 e. The number of hydrogen-bond acceptors (Lipinski definition) is 2. The van der Waals surface area contributed by atoms with Gasteiger partial charge in [0.25, 0.3) is 0 Å². The zero-order chi connectivity index (χ0) is 11.1. The van der Waals surface area contributed by atoms with Gasteiger partial charge in [0.1, 0.15) is 0 Å². The topological polar surface area (TPSA) is 38.0 Å². The van der Waals surface area contributed by atoms with Gasteiger partial charge in [-0.2, -0.15) is 0 Å². The second-order valence-electron chi connectivity index (χ2n) is 5.31. The number of unbranched alkanes of at least 4 members (excludes halogenated alkanes) is 1. The molecule has 0 aromatic rings. The van der Waals surface area contributed by atoms with E-state index in [4.69, 9.17) is 5.73 Å².